The Morgan fingerprint density at radius 3 is 2.73 bits per heavy atom. The van der Waals surface area contributed by atoms with Crippen LogP contribution in [0.4, 0.5) is 4.39 Å². The fraction of sp³-hybridized carbons (Fsp3) is 0.348. The summed E-state index contributed by atoms with van der Waals surface area (Å²) in [4.78, 5) is 35.0. The van der Waals surface area contributed by atoms with E-state index in [0.29, 0.717) is 43.9 Å². The van der Waals surface area contributed by atoms with Crippen molar-refractivity contribution in [1.82, 2.24) is 19.4 Å². The number of nitrogens with one attached hydrogen (secondary N) is 1. The second-order valence-corrected chi connectivity index (χ2v) is 8.25. The van der Waals surface area contributed by atoms with Crippen molar-refractivity contribution in [1.29, 1.82) is 0 Å². The highest BCUT2D eigenvalue weighted by Crippen LogP contribution is 2.35. The number of aromatic amines is 1. The number of amides is 1. The summed E-state index contributed by atoms with van der Waals surface area (Å²) < 4.78 is 14.9. The molecule has 0 radical (unpaired) electrons. The lowest BCUT2D eigenvalue weighted by atomic mass is 9.82. The van der Waals surface area contributed by atoms with Crippen LogP contribution in [0.15, 0.2) is 53.6 Å². The van der Waals surface area contributed by atoms with Crippen LogP contribution in [0, 0.1) is 11.7 Å². The van der Waals surface area contributed by atoms with Gasteiger partial charge in [-0.1, -0.05) is 12.1 Å². The fourth-order valence-corrected chi connectivity index (χ4v) is 4.80. The van der Waals surface area contributed by atoms with E-state index in [0.717, 1.165) is 17.7 Å². The Kier molecular flexibility index (Phi) is 4.73. The number of piperidine rings is 1. The van der Waals surface area contributed by atoms with Crippen molar-refractivity contribution in [2.75, 3.05) is 13.1 Å². The molecule has 5 rings (SSSR count). The number of carbonyl (C=O) groups excluding carboxylic acids is 1. The van der Waals surface area contributed by atoms with Crippen LogP contribution in [-0.4, -0.2) is 38.4 Å². The molecule has 1 fully saturated rings. The van der Waals surface area contributed by atoms with Crippen LogP contribution in [0.5, 0.6) is 0 Å². The van der Waals surface area contributed by atoms with Crippen LogP contribution >= 0.6 is 0 Å². The Labute approximate surface area is 173 Å². The van der Waals surface area contributed by atoms with E-state index in [2.05, 4.69) is 9.97 Å². The third kappa shape index (κ3) is 3.44. The topological polar surface area (TPSA) is 71.0 Å². The van der Waals surface area contributed by atoms with Crippen molar-refractivity contribution >= 4 is 5.91 Å². The Hall–Kier alpha value is -3.22. The number of rotatable bonds is 4. The number of aromatic nitrogens is 3. The molecule has 6 nitrogen and oxygen atoms in total. The van der Waals surface area contributed by atoms with Crippen LogP contribution in [0.1, 0.15) is 30.0 Å². The SMILES string of the molecule is O=C(CCc1ccc(F)cc1)N1C[C@@H]2C[C@H](C1)c1ccc(-c3ncc[nH]3)c(=O)n1C2. The third-order valence-corrected chi connectivity index (χ3v) is 6.25. The van der Waals surface area contributed by atoms with Crippen LogP contribution in [0.3, 0.4) is 0 Å². The van der Waals surface area contributed by atoms with Gasteiger partial charge >= 0.3 is 0 Å². The highest BCUT2D eigenvalue weighted by atomic mass is 19.1. The number of hydrogen-bond donors (Lipinski definition) is 1. The highest BCUT2D eigenvalue weighted by molar-refractivity contribution is 5.76. The lowest BCUT2D eigenvalue weighted by molar-refractivity contribution is -0.133. The monoisotopic (exact) mass is 406 g/mol. The largest absolute Gasteiger partial charge is 0.344 e. The van der Waals surface area contributed by atoms with E-state index in [1.807, 2.05) is 21.6 Å². The van der Waals surface area contributed by atoms with Gasteiger partial charge in [-0.2, -0.15) is 0 Å². The number of halogens is 1. The van der Waals surface area contributed by atoms with Gasteiger partial charge in [-0.3, -0.25) is 9.59 Å². The molecule has 4 heterocycles. The molecule has 0 aliphatic carbocycles. The number of imidazole rings is 1. The minimum absolute atomic E-state index is 0.0202. The summed E-state index contributed by atoms with van der Waals surface area (Å²) in [6.07, 6.45) is 5.37. The predicted molar refractivity (Wildman–Crippen MR) is 110 cm³/mol. The van der Waals surface area contributed by atoms with Crippen molar-refractivity contribution in [2.24, 2.45) is 5.92 Å². The molecule has 1 N–H and O–H groups in total. The molecular formula is C23H23FN4O2. The lowest BCUT2D eigenvalue weighted by Crippen LogP contribution is -2.49. The van der Waals surface area contributed by atoms with E-state index >= 15 is 0 Å². The summed E-state index contributed by atoms with van der Waals surface area (Å²) in [7, 11) is 0. The molecule has 2 bridgehead atoms. The lowest BCUT2D eigenvalue weighted by Gasteiger charge is -2.43. The molecule has 1 saturated heterocycles. The number of H-pyrrole nitrogens is 1. The van der Waals surface area contributed by atoms with Crippen LogP contribution in [0.25, 0.3) is 11.4 Å². The van der Waals surface area contributed by atoms with Gasteiger partial charge in [0.2, 0.25) is 5.91 Å². The summed E-state index contributed by atoms with van der Waals surface area (Å²) in [5.41, 5.74) is 2.52. The van der Waals surface area contributed by atoms with E-state index in [1.165, 1.54) is 12.1 Å². The average molecular weight is 406 g/mol. The molecule has 2 aliphatic rings. The van der Waals surface area contributed by atoms with Gasteiger partial charge in [0.15, 0.2) is 0 Å². The second kappa shape index (κ2) is 7.55. The van der Waals surface area contributed by atoms with Crippen molar-refractivity contribution < 1.29 is 9.18 Å². The van der Waals surface area contributed by atoms with Crippen molar-refractivity contribution in [2.45, 2.75) is 31.7 Å². The molecule has 1 amide bonds. The highest BCUT2D eigenvalue weighted by Gasteiger charge is 2.36. The number of carbonyl (C=O) groups is 1. The maximum absolute atomic E-state index is 13.1. The number of pyridine rings is 1. The number of aryl methyl sites for hydroxylation is 1. The Morgan fingerprint density at radius 2 is 1.97 bits per heavy atom. The van der Waals surface area contributed by atoms with Crippen molar-refractivity contribution in [3.63, 3.8) is 0 Å². The standard InChI is InChI=1S/C23H23FN4O2/c24-18-4-1-15(2-5-18)3-8-21(29)27-12-16-11-17(14-27)20-7-6-19(22-25-9-10-26-22)23(30)28(20)13-16/h1-2,4-7,9-10,16-17H,3,8,11-14H2,(H,25,26)/t16-,17+/m0/s1. The fourth-order valence-electron chi connectivity index (χ4n) is 4.80. The Balaban J connectivity index is 1.32. The smallest absolute Gasteiger partial charge is 0.261 e. The van der Waals surface area contributed by atoms with Crippen molar-refractivity contribution in [3.05, 3.63) is 76.2 Å². The van der Waals surface area contributed by atoms with Crippen LogP contribution in [0.2, 0.25) is 0 Å². The molecule has 2 atom stereocenters. The normalized spacial score (nSPS) is 20.1. The molecule has 2 aliphatic heterocycles. The van der Waals surface area contributed by atoms with E-state index in [-0.39, 0.29) is 29.1 Å². The van der Waals surface area contributed by atoms with E-state index in [4.69, 9.17) is 0 Å². The summed E-state index contributed by atoms with van der Waals surface area (Å²) >= 11 is 0. The first-order valence-corrected chi connectivity index (χ1v) is 10.3. The minimum atomic E-state index is -0.266. The first-order chi connectivity index (χ1) is 14.6. The average Bonchev–Trinajstić information content (AvgIpc) is 3.28. The maximum Gasteiger partial charge on any atom is 0.261 e. The van der Waals surface area contributed by atoms with Crippen LogP contribution < -0.4 is 5.56 Å². The van der Waals surface area contributed by atoms with Gasteiger partial charge in [0.1, 0.15) is 11.6 Å². The van der Waals surface area contributed by atoms with Crippen molar-refractivity contribution in [3.8, 4) is 11.4 Å². The molecule has 30 heavy (non-hydrogen) atoms. The summed E-state index contributed by atoms with van der Waals surface area (Å²) in [5, 5.41) is 0. The van der Waals surface area contributed by atoms with E-state index in [1.54, 1.807) is 24.5 Å². The number of hydrogen-bond acceptors (Lipinski definition) is 3. The van der Waals surface area contributed by atoms with Gasteiger partial charge < -0.3 is 14.5 Å². The van der Waals surface area contributed by atoms with Gasteiger partial charge in [-0.25, -0.2) is 9.37 Å². The van der Waals surface area contributed by atoms with E-state index in [9.17, 15) is 14.0 Å². The molecule has 2 aromatic heterocycles. The summed E-state index contributed by atoms with van der Waals surface area (Å²) in [6.45, 7) is 1.94. The van der Waals surface area contributed by atoms with E-state index < -0.39 is 0 Å². The summed E-state index contributed by atoms with van der Waals surface area (Å²) in [6, 6.07) is 10.2. The second-order valence-electron chi connectivity index (χ2n) is 8.25. The molecule has 154 valence electrons. The predicted octanol–water partition coefficient (Wildman–Crippen LogP) is 2.96. The Bertz CT molecular complexity index is 1120. The summed E-state index contributed by atoms with van der Waals surface area (Å²) in [5.74, 6) is 0.889. The van der Waals surface area contributed by atoms with Crippen LogP contribution in [-0.2, 0) is 17.8 Å². The number of fused-ring (bicyclic) bond motifs is 4. The third-order valence-electron chi connectivity index (χ3n) is 6.25. The van der Waals surface area contributed by atoms with Gasteiger partial charge in [-0.15, -0.1) is 0 Å². The molecule has 1 aromatic carbocycles. The first-order valence-electron chi connectivity index (χ1n) is 10.3. The number of nitrogens with zero attached hydrogens (tertiary/aromatic N) is 3. The minimum Gasteiger partial charge on any atom is -0.344 e. The first kappa shape index (κ1) is 18.8. The number of benzene rings is 1. The Morgan fingerprint density at radius 1 is 1.13 bits per heavy atom. The molecule has 0 unspecified atom stereocenters. The van der Waals surface area contributed by atoms with Gasteiger partial charge in [0.25, 0.3) is 5.56 Å². The number of likely N-dealkylation sites (tertiary alicyclic amines) is 1. The zero-order valence-electron chi connectivity index (χ0n) is 16.6. The van der Waals surface area contributed by atoms with Gasteiger partial charge in [0, 0.05) is 50.1 Å². The molecule has 0 spiro atoms. The maximum atomic E-state index is 13.1. The molecule has 3 aromatic rings. The molecule has 7 heteroatoms. The molecular weight excluding hydrogens is 383 g/mol. The zero-order chi connectivity index (χ0) is 20.7. The molecule has 0 saturated carbocycles. The zero-order valence-corrected chi connectivity index (χ0v) is 16.6. The van der Waals surface area contributed by atoms with Gasteiger partial charge in [-0.05, 0) is 48.6 Å². The quantitative estimate of drug-likeness (QED) is 0.724. The van der Waals surface area contributed by atoms with Gasteiger partial charge in [0.05, 0.1) is 5.56 Å².